The average molecular weight is 363 g/mol. The molecule has 2 heterocycles. The van der Waals surface area contributed by atoms with Gasteiger partial charge in [-0.05, 0) is 31.5 Å². The molecule has 1 aromatic rings. The zero-order valence-corrected chi connectivity index (χ0v) is 16.1. The van der Waals surface area contributed by atoms with Crippen LogP contribution in [0.15, 0.2) is 40.2 Å². The summed E-state index contributed by atoms with van der Waals surface area (Å²) in [6.07, 6.45) is 2.86. The van der Waals surface area contributed by atoms with E-state index < -0.39 is 0 Å². The smallest absolute Gasteiger partial charge is 0.191 e. The summed E-state index contributed by atoms with van der Waals surface area (Å²) in [5.41, 5.74) is 0. The van der Waals surface area contributed by atoms with Crippen LogP contribution in [0.1, 0.15) is 19.8 Å². The van der Waals surface area contributed by atoms with Crippen LogP contribution in [0.2, 0.25) is 0 Å². The Morgan fingerprint density at radius 3 is 3.00 bits per heavy atom. The third-order valence-electron chi connectivity index (χ3n) is 4.82. The van der Waals surface area contributed by atoms with Gasteiger partial charge in [0.2, 0.25) is 0 Å². The molecule has 0 amide bonds. The van der Waals surface area contributed by atoms with Crippen molar-refractivity contribution in [2.75, 3.05) is 39.8 Å². The normalized spacial score (nSPS) is 25.4. The van der Waals surface area contributed by atoms with E-state index >= 15 is 0 Å². The van der Waals surface area contributed by atoms with E-state index in [9.17, 15) is 0 Å². The highest BCUT2D eigenvalue weighted by molar-refractivity contribution is 8.00. The molecule has 138 valence electrons. The summed E-state index contributed by atoms with van der Waals surface area (Å²) in [6.45, 7) is 7.06. The van der Waals surface area contributed by atoms with E-state index in [1.54, 1.807) is 0 Å². The van der Waals surface area contributed by atoms with E-state index in [0.29, 0.717) is 11.3 Å². The monoisotopic (exact) mass is 362 g/mol. The van der Waals surface area contributed by atoms with Crippen molar-refractivity contribution >= 4 is 17.7 Å². The number of ether oxygens (including phenoxy) is 1. The second-order valence-electron chi connectivity index (χ2n) is 6.82. The number of fused-ring (bicyclic) bond motifs is 1. The number of hydrogen-bond donors (Lipinski definition) is 2. The summed E-state index contributed by atoms with van der Waals surface area (Å²) >= 11 is 1.88. The molecule has 2 aliphatic rings. The molecular weight excluding hydrogens is 332 g/mol. The van der Waals surface area contributed by atoms with Gasteiger partial charge >= 0.3 is 0 Å². The van der Waals surface area contributed by atoms with Crippen molar-refractivity contribution in [2.24, 2.45) is 4.99 Å². The van der Waals surface area contributed by atoms with E-state index in [1.807, 2.05) is 18.8 Å². The van der Waals surface area contributed by atoms with E-state index in [2.05, 4.69) is 57.8 Å². The topological polar surface area (TPSA) is 48.9 Å². The highest BCUT2D eigenvalue weighted by Gasteiger charge is 2.32. The number of guanidine groups is 1. The van der Waals surface area contributed by atoms with Gasteiger partial charge in [0.05, 0.1) is 12.7 Å². The van der Waals surface area contributed by atoms with Crippen LogP contribution < -0.4 is 10.6 Å². The van der Waals surface area contributed by atoms with Gasteiger partial charge in [0.15, 0.2) is 5.96 Å². The predicted molar refractivity (Wildman–Crippen MR) is 105 cm³/mol. The largest absolute Gasteiger partial charge is 0.373 e. The third kappa shape index (κ3) is 5.62. The standard InChI is InChI=1S/C19H30N4OS/c1-15(25-18-8-4-3-5-9-18)11-21-19(20-2)22-12-17-13-23-10-6-7-16(23)14-24-17/h3-5,8-9,15-17H,6-7,10-14H2,1-2H3,(H2,20,21,22). The van der Waals surface area contributed by atoms with E-state index in [-0.39, 0.29) is 6.10 Å². The molecule has 3 unspecified atom stereocenters. The average Bonchev–Trinajstić information content (AvgIpc) is 3.10. The molecule has 3 atom stereocenters. The van der Waals surface area contributed by atoms with Crippen molar-refractivity contribution in [3.63, 3.8) is 0 Å². The van der Waals surface area contributed by atoms with Gasteiger partial charge in [0.1, 0.15) is 0 Å². The molecule has 5 nitrogen and oxygen atoms in total. The first-order valence-corrected chi connectivity index (χ1v) is 10.1. The summed E-state index contributed by atoms with van der Waals surface area (Å²) in [7, 11) is 1.82. The lowest BCUT2D eigenvalue weighted by atomic mass is 10.2. The summed E-state index contributed by atoms with van der Waals surface area (Å²) in [6, 6.07) is 11.2. The maximum atomic E-state index is 6.00. The minimum absolute atomic E-state index is 0.254. The van der Waals surface area contributed by atoms with Crippen molar-refractivity contribution in [2.45, 2.75) is 42.1 Å². The number of rotatable bonds is 6. The minimum Gasteiger partial charge on any atom is -0.373 e. The molecule has 0 saturated carbocycles. The van der Waals surface area contributed by atoms with Crippen LogP contribution in [0.5, 0.6) is 0 Å². The lowest BCUT2D eigenvalue weighted by Crippen LogP contribution is -2.51. The third-order valence-corrected chi connectivity index (χ3v) is 5.93. The highest BCUT2D eigenvalue weighted by Crippen LogP contribution is 2.23. The fraction of sp³-hybridized carbons (Fsp3) is 0.632. The van der Waals surface area contributed by atoms with Crippen molar-refractivity contribution in [3.05, 3.63) is 30.3 Å². The maximum absolute atomic E-state index is 6.00. The summed E-state index contributed by atoms with van der Waals surface area (Å²) in [4.78, 5) is 8.21. The molecule has 1 aromatic carbocycles. The molecule has 25 heavy (non-hydrogen) atoms. The number of nitrogens with zero attached hydrogens (tertiary/aromatic N) is 2. The molecular formula is C19H30N4OS. The number of aliphatic imine (C=N–C) groups is 1. The first-order chi connectivity index (χ1) is 12.2. The number of hydrogen-bond acceptors (Lipinski definition) is 4. The summed E-state index contributed by atoms with van der Waals surface area (Å²) in [5, 5.41) is 7.31. The van der Waals surface area contributed by atoms with Crippen molar-refractivity contribution in [3.8, 4) is 0 Å². The first kappa shape index (κ1) is 18.5. The Bertz CT molecular complexity index is 554. The van der Waals surface area contributed by atoms with E-state index in [4.69, 9.17) is 4.74 Å². The Labute approximate surface area is 155 Å². The van der Waals surface area contributed by atoms with Crippen molar-refractivity contribution in [1.82, 2.24) is 15.5 Å². The second kappa shape index (κ2) is 9.46. The van der Waals surface area contributed by atoms with Gasteiger partial charge in [-0.3, -0.25) is 9.89 Å². The molecule has 0 spiro atoms. The van der Waals surface area contributed by atoms with Gasteiger partial charge < -0.3 is 15.4 Å². The number of nitrogens with one attached hydrogen (secondary N) is 2. The Hall–Kier alpha value is -1.24. The van der Waals surface area contributed by atoms with Gasteiger partial charge in [0, 0.05) is 42.9 Å². The predicted octanol–water partition coefficient (Wildman–Crippen LogP) is 2.20. The van der Waals surface area contributed by atoms with Crippen LogP contribution in [0.3, 0.4) is 0 Å². The maximum Gasteiger partial charge on any atom is 0.191 e. The molecule has 0 bridgehead atoms. The molecule has 0 radical (unpaired) electrons. The number of benzene rings is 1. The fourth-order valence-corrected chi connectivity index (χ4v) is 4.40. The van der Waals surface area contributed by atoms with Gasteiger partial charge in [-0.1, -0.05) is 25.1 Å². The minimum atomic E-state index is 0.254. The molecule has 0 aliphatic carbocycles. The SMILES string of the molecule is CN=C(NCC1CN2CCCC2CO1)NCC(C)Sc1ccccc1. The summed E-state index contributed by atoms with van der Waals surface area (Å²) < 4.78 is 6.00. The van der Waals surface area contributed by atoms with Crippen LogP contribution in [0.4, 0.5) is 0 Å². The Balaban J connectivity index is 1.36. The Morgan fingerprint density at radius 2 is 2.20 bits per heavy atom. The van der Waals surface area contributed by atoms with Crippen LogP contribution >= 0.6 is 11.8 Å². The van der Waals surface area contributed by atoms with Gasteiger partial charge in [-0.25, -0.2) is 0 Å². The summed E-state index contributed by atoms with van der Waals surface area (Å²) in [5.74, 6) is 0.854. The molecule has 0 aromatic heterocycles. The molecule has 2 saturated heterocycles. The number of thioether (sulfide) groups is 1. The van der Waals surface area contributed by atoms with E-state index in [0.717, 1.165) is 32.2 Å². The van der Waals surface area contributed by atoms with Crippen LogP contribution in [0.25, 0.3) is 0 Å². The molecule has 2 aliphatic heterocycles. The van der Waals surface area contributed by atoms with Gasteiger partial charge in [0.25, 0.3) is 0 Å². The molecule has 2 fully saturated rings. The molecule has 3 rings (SSSR count). The van der Waals surface area contributed by atoms with Crippen molar-refractivity contribution < 1.29 is 4.74 Å². The second-order valence-corrected chi connectivity index (χ2v) is 8.33. The van der Waals surface area contributed by atoms with Crippen LogP contribution in [-0.4, -0.2) is 68.1 Å². The Kier molecular flexibility index (Phi) is 7.02. The van der Waals surface area contributed by atoms with Crippen LogP contribution in [-0.2, 0) is 4.74 Å². The fourth-order valence-electron chi connectivity index (χ4n) is 3.45. The molecule has 2 N–H and O–H groups in total. The Morgan fingerprint density at radius 1 is 1.36 bits per heavy atom. The van der Waals surface area contributed by atoms with Gasteiger partial charge in [-0.2, -0.15) is 0 Å². The number of morpholine rings is 1. The van der Waals surface area contributed by atoms with Gasteiger partial charge in [-0.15, -0.1) is 11.8 Å². The quantitative estimate of drug-likeness (QED) is 0.462. The van der Waals surface area contributed by atoms with Crippen molar-refractivity contribution in [1.29, 1.82) is 0 Å². The zero-order chi connectivity index (χ0) is 17.5. The highest BCUT2D eigenvalue weighted by atomic mass is 32.2. The van der Waals surface area contributed by atoms with Crippen LogP contribution in [0, 0.1) is 0 Å². The molecule has 6 heteroatoms. The zero-order valence-electron chi connectivity index (χ0n) is 15.3. The lowest BCUT2D eigenvalue weighted by Gasteiger charge is -2.35. The first-order valence-electron chi connectivity index (χ1n) is 9.26. The lowest BCUT2D eigenvalue weighted by molar-refractivity contribution is -0.0453. The van der Waals surface area contributed by atoms with E-state index in [1.165, 1.54) is 24.3 Å².